The summed E-state index contributed by atoms with van der Waals surface area (Å²) in [5.41, 5.74) is 17.9. The van der Waals surface area contributed by atoms with Gasteiger partial charge in [-0.3, -0.25) is 4.98 Å². The van der Waals surface area contributed by atoms with Crippen molar-refractivity contribution in [1.82, 2.24) is 9.55 Å². The zero-order valence-corrected chi connectivity index (χ0v) is 27.8. The lowest BCUT2D eigenvalue weighted by molar-refractivity contribution is 0.561. The zero-order chi connectivity index (χ0) is 32.9. The maximum atomic E-state index is 10.2. The van der Waals surface area contributed by atoms with Gasteiger partial charge in [0.2, 0.25) is 0 Å². The first kappa shape index (κ1) is 28.3. The molecule has 3 nitrogen and oxygen atoms in total. The van der Waals surface area contributed by atoms with Gasteiger partial charge in [-0.2, -0.15) is 5.26 Å². The molecule has 1 spiro atoms. The predicted molar refractivity (Wildman–Crippen MR) is 199 cm³/mol. The summed E-state index contributed by atoms with van der Waals surface area (Å²) in [4.78, 5) is 4.65. The average molecular weight is 630 g/mol. The van der Waals surface area contributed by atoms with Crippen LogP contribution in [-0.2, 0) is 17.3 Å². The van der Waals surface area contributed by atoms with Crippen molar-refractivity contribution >= 4 is 22.6 Å². The molecular formula is C46H35N3. The molecule has 234 valence electrons. The van der Waals surface area contributed by atoms with Crippen LogP contribution in [0.25, 0.3) is 39.5 Å². The molecule has 0 saturated heterocycles. The number of hydrogen-bond donors (Lipinski definition) is 0. The average Bonchev–Trinajstić information content (AvgIpc) is 3.63. The van der Waals surface area contributed by atoms with Crippen molar-refractivity contribution in [1.29, 1.82) is 5.26 Å². The molecular weight excluding hydrogens is 595 g/mol. The van der Waals surface area contributed by atoms with Crippen molar-refractivity contribution in [3.05, 3.63) is 177 Å². The van der Waals surface area contributed by atoms with E-state index in [1.54, 1.807) is 0 Å². The highest BCUT2D eigenvalue weighted by atomic mass is 15.0. The fourth-order valence-corrected chi connectivity index (χ4v) is 9.63. The van der Waals surface area contributed by atoms with Gasteiger partial charge in [0.1, 0.15) is 0 Å². The van der Waals surface area contributed by atoms with E-state index in [9.17, 15) is 5.26 Å². The lowest BCUT2D eigenvalue weighted by Gasteiger charge is -2.47. The molecule has 0 atom stereocenters. The third-order valence-corrected chi connectivity index (χ3v) is 11.7. The standard InChI is InChI=1S/C46H35N3/c1-45(2)37-16-6-8-18-39(37)46(40-19-9-7-17-38(40)45)36-15-5-3-13-32(36)34-26-35-33-14-4-10-21-43(33)49(44(35)27-41(34)46)31-24-29(28-47)23-30(25-31)42-20-11-12-22-48-42/h4-9,11-12,14-20,22-27H,3,10,13,21H2,1-2H3. The third-order valence-electron chi connectivity index (χ3n) is 11.7. The summed E-state index contributed by atoms with van der Waals surface area (Å²) < 4.78 is 2.45. The largest absolute Gasteiger partial charge is 0.313 e. The second-order valence-electron chi connectivity index (χ2n) is 14.4. The van der Waals surface area contributed by atoms with E-state index < -0.39 is 5.41 Å². The van der Waals surface area contributed by atoms with Gasteiger partial charge < -0.3 is 4.57 Å². The molecule has 0 radical (unpaired) electrons. The van der Waals surface area contributed by atoms with Crippen molar-refractivity contribution in [3.8, 4) is 23.0 Å². The summed E-state index contributed by atoms with van der Waals surface area (Å²) in [5.74, 6) is 0. The number of fused-ring (bicyclic) bond motifs is 11. The maximum Gasteiger partial charge on any atom is 0.0992 e. The number of aromatic nitrogens is 2. The highest BCUT2D eigenvalue weighted by Crippen LogP contribution is 2.63. The monoisotopic (exact) mass is 629 g/mol. The van der Waals surface area contributed by atoms with Gasteiger partial charge in [-0.25, -0.2) is 0 Å². The fourth-order valence-electron chi connectivity index (χ4n) is 9.63. The molecule has 0 N–H and O–H groups in total. The van der Waals surface area contributed by atoms with Gasteiger partial charge in [0.05, 0.1) is 28.3 Å². The fraction of sp³-hybridized carbons (Fsp3) is 0.174. The third kappa shape index (κ3) is 3.69. The van der Waals surface area contributed by atoms with Crippen LogP contribution in [0.2, 0.25) is 0 Å². The highest BCUT2D eigenvalue weighted by molar-refractivity contribution is 6.01. The Balaban J connectivity index is 1.34. The van der Waals surface area contributed by atoms with Gasteiger partial charge in [-0.05, 0) is 113 Å². The Labute approximate surface area is 287 Å². The molecule has 0 fully saturated rings. The molecule has 10 rings (SSSR count). The second-order valence-corrected chi connectivity index (χ2v) is 14.4. The van der Waals surface area contributed by atoms with Crippen LogP contribution in [-0.4, -0.2) is 9.55 Å². The molecule has 6 aromatic rings. The minimum Gasteiger partial charge on any atom is -0.313 e. The van der Waals surface area contributed by atoms with E-state index >= 15 is 0 Å². The van der Waals surface area contributed by atoms with Gasteiger partial charge in [0, 0.05) is 39.5 Å². The molecule has 2 heterocycles. The van der Waals surface area contributed by atoms with Crippen LogP contribution in [0.15, 0.2) is 127 Å². The first-order valence-corrected chi connectivity index (χ1v) is 17.5. The highest BCUT2D eigenvalue weighted by Gasteiger charge is 2.54. The number of nitrogens with zero attached hydrogens (tertiary/aromatic N) is 3. The lowest BCUT2D eigenvalue weighted by atomic mass is 9.55. The lowest BCUT2D eigenvalue weighted by Crippen LogP contribution is -2.41. The summed E-state index contributed by atoms with van der Waals surface area (Å²) in [5, 5.41) is 11.5. The Bertz CT molecular complexity index is 2480. The molecule has 0 bridgehead atoms. The minimum absolute atomic E-state index is 0.131. The van der Waals surface area contributed by atoms with Gasteiger partial charge in [0.15, 0.2) is 0 Å². The topological polar surface area (TPSA) is 41.6 Å². The summed E-state index contributed by atoms with van der Waals surface area (Å²) >= 11 is 0. The molecule has 3 heteroatoms. The van der Waals surface area contributed by atoms with Crippen LogP contribution < -0.4 is 0 Å². The van der Waals surface area contributed by atoms with Crippen LogP contribution in [0.5, 0.6) is 0 Å². The molecule has 4 aliphatic carbocycles. The van der Waals surface area contributed by atoms with E-state index in [1.807, 2.05) is 36.5 Å². The number of nitriles is 1. The van der Waals surface area contributed by atoms with Crippen molar-refractivity contribution in [2.75, 3.05) is 0 Å². The second kappa shape index (κ2) is 10.1. The smallest absolute Gasteiger partial charge is 0.0992 e. The first-order chi connectivity index (χ1) is 24.0. The Hall–Kier alpha value is -5.72. The Morgan fingerprint density at radius 3 is 2.18 bits per heavy atom. The van der Waals surface area contributed by atoms with Crippen LogP contribution in [0.3, 0.4) is 0 Å². The predicted octanol–water partition coefficient (Wildman–Crippen LogP) is 10.6. The first-order valence-electron chi connectivity index (χ1n) is 17.5. The molecule has 4 aliphatic rings. The summed E-state index contributed by atoms with van der Waals surface area (Å²) in [6, 6.07) is 38.0. The van der Waals surface area contributed by atoms with Gasteiger partial charge in [-0.1, -0.05) is 92.7 Å². The Kier molecular flexibility index (Phi) is 5.86. The molecule has 0 amide bonds. The number of allylic oxidation sites excluding steroid dienone is 5. The minimum atomic E-state index is -0.419. The van der Waals surface area contributed by atoms with E-state index in [0.717, 1.165) is 42.6 Å². The van der Waals surface area contributed by atoms with Crippen molar-refractivity contribution in [2.24, 2.45) is 0 Å². The quantitative estimate of drug-likeness (QED) is 0.191. The van der Waals surface area contributed by atoms with Crippen molar-refractivity contribution < 1.29 is 0 Å². The van der Waals surface area contributed by atoms with E-state index in [2.05, 4.69) is 121 Å². The number of rotatable bonds is 2. The molecule has 49 heavy (non-hydrogen) atoms. The van der Waals surface area contributed by atoms with Gasteiger partial charge >= 0.3 is 0 Å². The number of hydrogen-bond acceptors (Lipinski definition) is 2. The van der Waals surface area contributed by atoms with Crippen molar-refractivity contribution in [2.45, 2.75) is 50.4 Å². The van der Waals surface area contributed by atoms with E-state index in [0.29, 0.717) is 5.56 Å². The van der Waals surface area contributed by atoms with E-state index in [1.165, 1.54) is 66.7 Å². The van der Waals surface area contributed by atoms with Crippen LogP contribution >= 0.6 is 0 Å². The summed E-state index contributed by atoms with van der Waals surface area (Å²) in [6.45, 7) is 4.77. The molecule has 4 aromatic carbocycles. The molecule has 0 unspecified atom stereocenters. The van der Waals surface area contributed by atoms with Crippen LogP contribution in [0.4, 0.5) is 0 Å². The Morgan fingerprint density at radius 2 is 1.45 bits per heavy atom. The van der Waals surface area contributed by atoms with Crippen molar-refractivity contribution in [3.63, 3.8) is 0 Å². The normalized spacial score (nSPS) is 17.3. The maximum absolute atomic E-state index is 10.2. The SMILES string of the molecule is CC1(C)c2ccccc2C2(C3=C(CCC=C3)c3cc4c5c(n(-c6cc(C#N)cc(-c7ccccn7)c6)c4cc32)CCC=C5)c2ccccc21. The summed E-state index contributed by atoms with van der Waals surface area (Å²) in [7, 11) is 0. The van der Waals surface area contributed by atoms with E-state index in [-0.39, 0.29) is 5.41 Å². The molecule has 0 aliphatic heterocycles. The van der Waals surface area contributed by atoms with Crippen LogP contribution in [0, 0.1) is 11.3 Å². The zero-order valence-electron chi connectivity index (χ0n) is 27.8. The number of benzene rings is 4. The Morgan fingerprint density at radius 1 is 0.735 bits per heavy atom. The molecule has 0 saturated carbocycles. The molecule has 2 aromatic heterocycles. The number of pyridine rings is 1. The van der Waals surface area contributed by atoms with E-state index in [4.69, 9.17) is 0 Å². The van der Waals surface area contributed by atoms with Crippen LogP contribution in [0.1, 0.15) is 83.3 Å². The van der Waals surface area contributed by atoms with Gasteiger partial charge in [-0.15, -0.1) is 0 Å². The van der Waals surface area contributed by atoms with Gasteiger partial charge in [0.25, 0.3) is 0 Å². The summed E-state index contributed by atoms with van der Waals surface area (Å²) in [6.07, 6.45) is 15.3.